The zero-order valence-corrected chi connectivity index (χ0v) is 11.0. The molecular formula is C14H21NO2. The molecule has 0 radical (unpaired) electrons. The molecule has 0 atom stereocenters. The second-order valence-corrected chi connectivity index (χ2v) is 4.10. The van der Waals surface area contributed by atoms with Crippen molar-refractivity contribution in [2.45, 2.75) is 19.8 Å². The number of methoxy groups -OCH3 is 2. The van der Waals surface area contributed by atoms with Gasteiger partial charge in [0.15, 0.2) is 11.5 Å². The van der Waals surface area contributed by atoms with E-state index in [0.717, 1.165) is 17.1 Å². The first-order chi connectivity index (χ1) is 8.15. The molecule has 0 aliphatic carbocycles. The number of nitrogens with two attached hydrogens (primary N) is 1. The normalized spacial score (nSPS) is 11.2. The number of ether oxygens (including phenoxy) is 2. The van der Waals surface area contributed by atoms with Crippen LogP contribution in [0, 0.1) is 0 Å². The summed E-state index contributed by atoms with van der Waals surface area (Å²) in [7, 11) is 3.30. The van der Waals surface area contributed by atoms with Crippen molar-refractivity contribution in [3.8, 4) is 11.5 Å². The average molecular weight is 235 g/mol. The molecule has 3 nitrogen and oxygen atoms in total. The van der Waals surface area contributed by atoms with Crippen LogP contribution < -0.4 is 15.2 Å². The lowest BCUT2D eigenvalue weighted by Crippen LogP contribution is -2.00. The zero-order chi connectivity index (χ0) is 12.8. The molecule has 0 unspecified atom stereocenters. The predicted molar refractivity (Wildman–Crippen MR) is 71.7 cm³/mol. The van der Waals surface area contributed by atoms with Crippen LogP contribution in [-0.2, 0) is 0 Å². The van der Waals surface area contributed by atoms with Crippen molar-refractivity contribution in [3.63, 3.8) is 0 Å². The summed E-state index contributed by atoms with van der Waals surface area (Å²) in [5.41, 5.74) is 7.78. The van der Waals surface area contributed by atoms with Gasteiger partial charge in [-0.05, 0) is 17.5 Å². The molecule has 1 rings (SSSR count). The molecule has 1 aromatic carbocycles. The van der Waals surface area contributed by atoms with Gasteiger partial charge in [-0.15, -0.1) is 0 Å². The van der Waals surface area contributed by atoms with Crippen LogP contribution >= 0.6 is 0 Å². The van der Waals surface area contributed by atoms with Crippen LogP contribution in [0.5, 0.6) is 11.5 Å². The Hall–Kier alpha value is -1.48. The van der Waals surface area contributed by atoms with E-state index < -0.39 is 0 Å². The van der Waals surface area contributed by atoms with E-state index in [9.17, 15) is 0 Å². The topological polar surface area (TPSA) is 44.5 Å². The van der Waals surface area contributed by atoms with Crippen LogP contribution in [0.2, 0.25) is 0 Å². The summed E-state index contributed by atoms with van der Waals surface area (Å²) < 4.78 is 10.7. The first-order valence-corrected chi connectivity index (χ1v) is 5.77. The SMILES string of the molecule is COc1ccc(C(C)C)c(/C=C/CN)c1OC. The minimum absolute atomic E-state index is 0.423. The van der Waals surface area contributed by atoms with Gasteiger partial charge in [0.2, 0.25) is 0 Å². The van der Waals surface area contributed by atoms with Crippen LogP contribution in [0.4, 0.5) is 0 Å². The molecule has 0 saturated heterocycles. The molecule has 0 fully saturated rings. The fourth-order valence-corrected chi connectivity index (χ4v) is 1.83. The van der Waals surface area contributed by atoms with Gasteiger partial charge < -0.3 is 15.2 Å². The van der Waals surface area contributed by atoms with Gasteiger partial charge >= 0.3 is 0 Å². The largest absolute Gasteiger partial charge is 0.493 e. The van der Waals surface area contributed by atoms with Crippen molar-refractivity contribution < 1.29 is 9.47 Å². The third-order valence-electron chi connectivity index (χ3n) is 2.66. The highest BCUT2D eigenvalue weighted by Gasteiger charge is 2.14. The molecule has 0 aliphatic rings. The fraction of sp³-hybridized carbons (Fsp3) is 0.429. The lowest BCUT2D eigenvalue weighted by molar-refractivity contribution is 0.353. The Bertz CT molecular complexity index is 397. The van der Waals surface area contributed by atoms with E-state index in [-0.39, 0.29) is 0 Å². The van der Waals surface area contributed by atoms with Crippen LogP contribution in [0.3, 0.4) is 0 Å². The summed E-state index contributed by atoms with van der Waals surface area (Å²) >= 11 is 0. The molecule has 0 spiro atoms. The van der Waals surface area contributed by atoms with E-state index in [4.69, 9.17) is 15.2 Å². The van der Waals surface area contributed by atoms with Crippen LogP contribution in [0.1, 0.15) is 30.9 Å². The Balaban J connectivity index is 3.38. The van der Waals surface area contributed by atoms with Gasteiger partial charge in [0, 0.05) is 12.1 Å². The standard InChI is InChI=1S/C14H21NO2/c1-10(2)11-7-8-13(16-3)14(17-4)12(11)6-5-9-15/h5-8,10H,9,15H2,1-4H3/b6-5+. The molecule has 17 heavy (non-hydrogen) atoms. The van der Waals surface area contributed by atoms with Crippen molar-refractivity contribution in [3.05, 3.63) is 29.3 Å². The summed E-state index contributed by atoms with van der Waals surface area (Å²) in [5.74, 6) is 1.93. The molecule has 3 heteroatoms. The smallest absolute Gasteiger partial charge is 0.168 e. The van der Waals surface area contributed by atoms with E-state index in [0.29, 0.717) is 12.5 Å². The van der Waals surface area contributed by atoms with Gasteiger partial charge in [0.1, 0.15) is 0 Å². The molecule has 0 aliphatic heterocycles. The van der Waals surface area contributed by atoms with Gasteiger partial charge in [-0.1, -0.05) is 32.1 Å². The number of benzene rings is 1. The van der Waals surface area contributed by atoms with Crippen molar-refractivity contribution in [1.29, 1.82) is 0 Å². The quantitative estimate of drug-likeness (QED) is 0.853. The second-order valence-electron chi connectivity index (χ2n) is 4.10. The Kier molecular flexibility index (Phi) is 5.04. The summed E-state index contributed by atoms with van der Waals surface area (Å²) in [5, 5.41) is 0. The average Bonchev–Trinajstić information content (AvgIpc) is 2.34. The van der Waals surface area contributed by atoms with Crippen molar-refractivity contribution in [2.75, 3.05) is 20.8 Å². The summed E-state index contributed by atoms with van der Waals surface area (Å²) in [4.78, 5) is 0. The van der Waals surface area contributed by atoms with Gasteiger partial charge in [-0.3, -0.25) is 0 Å². The molecule has 0 heterocycles. The Morgan fingerprint density at radius 1 is 1.24 bits per heavy atom. The first-order valence-electron chi connectivity index (χ1n) is 5.77. The van der Waals surface area contributed by atoms with Crippen LogP contribution in [0.15, 0.2) is 18.2 Å². The van der Waals surface area contributed by atoms with E-state index in [1.165, 1.54) is 5.56 Å². The lowest BCUT2D eigenvalue weighted by atomic mass is 9.95. The van der Waals surface area contributed by atoms with Gasteiger partial charge in [-0.25, -0.2) is 0 Å². The zero-order valence-electron chi connectivity index (χ0n) is 11.0. The highest BCUT2D eigenvalue weighted by Crippen LogP contribution is 2.37. The van der Waals surface area contributed by atoms with Gasteiger partial charge in [0.05, 0.1) is 14.2 Å². The lowest BCUT2D eigenvalue weighted by Gasteiger charge is -2.16. The highest BCUT2D eigenvalue weighted by molar-refractivity contribution is 5.66. The molecule has 2 N–H and O–H groups in total. The maximum absolute atomic E-state index is 5.51. The number of rotatable bonds is 5. The maximum atomic E-state index is 5.51. The van der Waals surface area contributed by atoms with E-state index in [1.54, 1.807) is 14.2 Å². The maximum Gasteiger partial charge on any atom is 0.168 e. The summed E-state index contributed by atoms with van der Waals surface area (Å²) in [6, 6.07) is 4.01. The van der Waals surface area contributed by atoms with Crippen molar-refractivity contribution in [2.24, 2.45) is 5.73 Å². The predicted octanol–water partition coefficient (Wildman–Crippen LogP) is 2.80. The van der Waals surface area contributed by atoms with E-state index in [1.807, 2.05) is 18.2 Å². The van der Waals surface area contributed by atoms with Crippen molar-refractivity contribution >= 4 is 6.08 Å². The van der Waals surface area contributed by atoms with Gasteiger partial charge in [-0.2, -0.15) is 0 Å². The number of hydrogen-bond donors (Lipinski definition) is 1. The number of hydrogen-bond acceptors (Lipinski definition) is 3. The molecule has 0 saturated carbocycles. The second kappa shape index (κ2) is 6.30. The van der Waals surface area contributed by atoms with Crippen LogP contribution in [-0.4, -0.2) is 20.8 Å². The van der Waals surface area contributed by atoms with Crippen LogP contribution in [0.25, 0.3) is 6.08 Å². The molecule has 94 valence electrons. The third kappa shape index (κ3) is 3.01. The van der Waals surface area contributed by atoms with E-state index in [2.05, 4.69) is 19.9 Å². The minimum atomic E-state index is 0.423. The summed E-state index contributed by atoms with van der Waals surface area (Å²) in [6.07, 6.45) is 3.92. The monoisotopic (exact) mass is 235 g/mol. The molecule has 0 bridgehead atoms. The minimum Gasteiger partial charge on any atom is -0.493 e. The fourth-order valence-electron chi connectivity index (χ4n) is 1.83. The van der Waals surface area contributed by atoms with E-state index >= 15 is 0 Å². The molecule has 0 amide bonds. The highest BCUT2D eigenvalue weighted by atomic mass is 16.5. The third-order valence-corrected chi connectivity index (χ3v) is 2.66. The molecule has 0 aromatic heterocycles. The Morgan fingerprint density at radius 3 is 2.41 bits per heavy atom. The van der Waals surface area contributed by atoms with Gasteiger partial charge in [0.25, 0.3) is 0 Å². The molecule has 1 aromatic rings. The molecular weight excluding hydrogens is 214 g/mol. The Labute approximate surface area is 103 Å². The Morgan fingerprint density at radius 2 is 1.94 bits per heavy atom. The summed E-state index contributed by atoms with van der Waals surface area (Å²) in [6.45, 7) is 4.82. The first kappa shape index (κ1) is 13.6. The van der Waals surface area contributed by atoms with Crippen molar-refractivity contribution in [1.82, 2.24) is 0 Å².